The van der Waals surface area contributed by atoms with Gasteiger partial charge in [-0.05, 0) is 31.2 Å². The van der Waals surface area contributed by atoms with Gasteiger partial charge in [0, 0.05) is 30.0 Å². The zero-order valence-electron chi connectivity index (χ0n) is 15.4. The Labute approximate surface area is 161 Å². The molecule has 144 valence electrons. The van der Waals surface area contributed by atoms with E-state index in [2.05, 4.69) is 4.98 Å². The largest absolute Gasteiger partial charge is 0.466 e. The number of para-hydroxylation sites is 1. The van der Waals surface area contributed by atoms with Gasteiger partial charge in [-0.15, -0.1) is 0 Å². The highest BCUT2D eigenvalue weighted by Gasteiger charge is 2.47. The van der Waals surface area contributed by atoms with Crippen LogP contribution in [0.1, 0.15) is 22.3 Å². The SMILES string of the molecule is Cc1cccc(C(=O)N2CCC(F)(F)C(Oc3ccc4ccccc4n3)C2)c1. The van der Waals surface area contributed by atoms with Gasteiger partial charge in [0.15, 0.2) is 6.10 Å². The van der Waals surface area contributed by atoms with Crippen LogP contribution in [0.3, 0.4) is 0 Å². The van der Waals surface area contributed by atoms with Crippen LogP contribution in [-0.2, 0) is 0 Å². The number of rotatable bonds is 3. The van der Waals surface area contributed by atoms with Gasteiger partial charge in [0.2, 0.25) is 5.88 Å². The predicted molar refractivity (Wildman–Crippen MR) is 103 cm³/mol. The van der Waals surface area contributed by atoms with Crippen molar-refractivity contribution in [3.8, 4) is 5.88 Å². The minimum absolute atomic E-state index is 0.00914. The van der Waals surface area contributed by atoms with Crippen molar-refractivity contribution >= 4 is 16.8 Å². The van der Waals surface area contributed by atoms with Crippen molar-refractivity contribution in [1.82, 2.24) is 9.88 Å². The fraction of sp³-hybridized carbons (Fsp3) is 0.273. The number of aryl methyl sites for hydroxylation is 1. The molecule has 1 atom stereocenters. The Balaban J connectivity index is 1.55. The van der Waals surface area contributed by atoms with Gasteiger partial charge in [-0.1, -0.05) is 35.9 Å². The Morgan fingerprint density at radius 2 is 1.96 bits per heavy atom. The van der Waals surface area contributed by atoms with Crippen molar-refractivity contribution in [2.75, 3.05) is 13.1 Å². The molecule has 1 aliphatic heterocycles. The molecule has 1 amide bonds. The van der Waals surface area contributed by atoms with Crippen molar-refractivity contribution < 1.29 is 18.3 Å². The molecule has 1 saturated heterocycles. The van der Waals surface area contributed by atoms with E-state index in [9.17, 15) is 13.6 Å². The smallest absolute Gasteiger partial charge is 0.287 e. The Hall–Kier alpha value is -3.02. The summed E-state index contributed by atoms with van der Waals surface area (Å²) in [5, 5.41) is 0.904. The maximum Gasteiger partial charge on any atom is 0.287 e. The lowest BCUT2D eigenvalue weighted by Crippen LogP contribution is -2.55. The number of ether oxygens (including phenoxy) is 1. The second kappa shape index (κ2) is 7.19. The molecule has 0 spiro atoms. The lowest BCUT2D eigenvalue weighted by Gasteiger charge is -2.38. The maximum atomic E-state index is 14.5. The number of hydrogen-bond donors (Lipinski definition) is 0. The molecule has 0 bridgehead atoms. The Kier molecular flexibility index (Phi) is 4.71. The first-order valence-electron chi connectivity index (χ1n) is 9.19. The Morgan fingerprint density at radius 3 is 2.79 bits per heavy atom. The van der Waals surface area contributed by atoms with E-state index >= 15 is 0 Å². The van der Waals surface area contributed by atoms with Crippen molar-refractivity contribution in [2.24, 2.45) is 0 Å². The number of carbonyl (C=O) groups is 1. The molecule has 2 aromatic carbocycles. The standard InChI is InChI=1S/C22H20F2N2O2/c1-15-5-4-7-17(13-15)21(27)26-12-11-22(23,24)19(14-26)28-20-10-9-16-6-2-3-8-18(16)25-20/h2-10,13,19H,11-12,14H2,1H3. The molecule has 3 aromatic rings. The van der Waals surface area contributed by atoms with Gasteiger partial charge in [0.25, 0.3) is 11.8 Å². The summed E-state index contributed by atoms with van der Waals surface area (Å²) in [7, 11) is 0. The monoisotopic (exact) mass is 382 g/mol. The number of hydrogen-bond acceptors (Lipinski definition) is 3. The lowest BCUT2D eigenvalue weighted by atomic mass is 10.0. The van der Waals surface area contributed by atoms with E-state index < -0.39 is 18.4 Å². The number of likely N-dealkylation sites (tertiary alicyclic amines) is 1. The Bertz CT molecular complexity index is 1020. The third-order valence-corrected chi connectivity index (χ3v) is 4.96. The van der Waals surface area contributed by atoms with E-state index in [1.165, 1.54) is 4.90 Å². The van der Waals surface area contributed by atoms with E-state index in [1.54, 1.807) is 36.4 Å². The molecular weight excluding hydrogens is 362 g/mol. The van der Waals surface area contributed by atoms with Gasteiger partial charge in [-0.25, -0.2) is 13.8 Å². The normalized spacial score (nSPS) is 18.8. The number of benzene rings is 2. The van der Waals surface area contributed by atoms with Crippen LogP contribution < -0.4 is 4.74 Å². The molecule has 4 rings (SSSR count). The number of fused-ring (bicyclic) bond motifs is 1. The van der Waals surface area contributed by atoms with Crippen LogP contribution in [0.15, 0.2) is 60.7 Å². The number of pyridine rings is 1. The van der Waals surface area contributed by atoms with Crippen molar-refractivity contribution in [3.05, 3.63) is 71.8 Å². The summed E-state index contributed by atoms with van der Waals surface area (Å²) in [4.78, 5) is 18.5. The zero-order chi connectivity index (χ0) is 19.7. The summed E-state index contributed by atoms with van der Waals surface area (Å²) in [5.74, 6) is -3.16. The summed E-state index contributed by atoms with van der Waals surface area (Å²) in [5.41, 5.74) is 2.11. The molecule has 0 aliphatic carbocycles. The van der Waals surface area contributed by atoms with Crippen LogP contribution in [0, 0.1) is 6.92 Å². The van der Waals surface area contributed by atoms with Crippen LogP contribution in [0.2, 0.25) is 0 Å². The quantitative estimate of drug-likeness (QED) is 0.671. The topological polar surface area (TPSA) is 42.4 Å². The van der Waals surface area contributed by atoms with Crippen LogP contribution in [0.4, 0.5) is 8.78 Å². The number of carbonyl (C=O) groups excluding carboxylic acids is 1. The minimum Gasteiger partial charge on any atom is -0.466 e. The fourth-order valence-corrected chi connectivity index (χ4v) is 3.40. The number of amides is 1. The molecule has 0 N–H and O–H groups in total. The fourth-order valence-electron chi connectivity index (χ4n) is 3.40. The second-order valence-corrected chi connectivity index (χ2v) is 7.08. The molecular formula is C22H20F2N2O2. The summed E-state index contributed by atoms with van der Waals surface area (Å²) < 4.78 is 34.5. The first-order valence-corrected chi connectivity index (χ1v) is 9.19. The summed E-state index contributed by atoms with van der Waals surface area (Å²) >= 11 is 0. The van der Waals surface area contributed by atoms with E-state index in [-0.39, 0.29) is 24.9 Å². The molecule has 1 unspecified atom stereocenters. The number of halogens is 2. The van der Waals surface area contributed by atoms with Crippen LogP contribution in [0.5, 0.6) is 5.88 Å². The van der Waals surface area contributed by atoms with Crippen LogP contribution in [0.25, 0.3) is 10.9 Å². The first kappa shape index (κ1) is 18.3. The number of piperidine rings is 1. The minimum atomic E-state index is -3.03. The lowest BCUT2D eigenvalue weighted by molar-refractivity contribution is -0.131. The van der Waals surface area contributed by atoms with Gasteiger partial charge >= 0.3 is 0 Å². The summed E-state index contributed by atoms with van der Waals surface area (Å²) in [6.07, 6.45) is -1.88. The number of aromatic nitrogens is 1. The van der Waals surface area contributed by atoms with Crippen molar-refractivity contribution in [1.29, 1.82) is 0 Å². The zero-order valence-corrected chi connectivity index (χ0v) is 15.4. The molecule has 1 aromatic heterocycles. The summed E-state index contributed by atoms with van der Waals surface area (Å²) in [6.45, 7) is 1.69. The van der Waals surface area contributed by atoms with Gasteiger partial charge < -0.3 is 9.64 Å². The Morgan fingerprint density at radius 1 is 1.14 bits per heavy atom. The van der Waals surface area contributed by atoms with Gasteiger partial charge in [0.1, 0.15) is 0 Å². The van der Waals surface area contributed by atoms with E-state index in [0.29, 0.717) is 11.1 Å². The predicted octanol–water partition coefficient (Wildman–Crippen LogP) is 4.47. The molecule has 1 aliphatic rings. The van der Waals surface area contributed by atoms with Crippen molar-refractivity contribution in [3.63, 3.8) is 0 Å². The van der Waals surface area contributed by atoms with E-state index in [1.807, 2.05) is 31.2 Å². The average molecular weight is 382 g/mol. The van der Waals surface area contributed by atoms with Gasteiger partial charge in [-0.2, -0.15) is 0 Å². The molecule has 28 heavy (non-hydrogen) atoms. The summed E-state index contributed by atoms with van der Waals surface area (Å²) in [6, 6.07) is 17.9. The molecule has 0 saturated carbocycles. The highest BCUT2D eigenvalue weighted by molar-refractivity contribution is 5.94. The van der Waals surface area contributed by atoms with Crippen molar-refractivity contribution in [2.45, 2.75) is 25.4 Å². The molecule has 0 radical (unpaired) electrons. The molecule has 4 nitrogen and oxygen atoms in total. The first-order chi connectivity index (χ1) is 13.4. The third-order valence-electron chi connectivity index (χ3n) is 4.96. The second-order valence-electron chi connectivity index (χ2n) is 7.08. The average Bonchev–Trinajstić information content (AvgIpc) is 2.69. The van der Waals surface area contributed by atoms with Gasteiger partial charge in [0.05, 0.1) is 12.1 Å². The molecule has 6 heteroatoms. The van der Waals surface area contributed by atoms with Crippen LogP contribution in [-0.4, -0.2) is 40.9 Å². The maximum absolute atomic E-state index is 14.5. The van der Waals surface area contributed by atoms with Gasteiger partial charge in [-0.3, -0.25) is 4.79 Å². The van der Waals surface area contributed by atoms with Crippen LogP contribution >= 0.6 is 0 Å². The highest BCUT2D eigenvalue weighted by Crippen LogP contribution is 2.32. The number of nitrogens with zero attached hydrogens (tertiary/aromatic N) is 2. The van der Waals surface area contributed by atoms with E-state index in [0.717, 1.165) is 10.9 Å². The third kappa shape index (κ3) is 3.67. The highest BCUT2D eigenvalue weighted by atomic mass is 19.3. The molecule has 1 fully saturated rings. The van der Waals surface area contributed by atoms with E-state index in [4.69, 9.17) is 4.74 Å². The molecule has 2 heterocycles. The number of alkyl halides is 2.